The van der Waals surface area contributed by atoms with Crippen molar-refractivity contribution < 1.29 is 0 Å². The monoisotopic (exact) mass is 201 g/mol. The second-order valence-corrected chi connectivity index (χ2v) is 5.06. The molecule has 1 aliphatic heterocycles. The molecule has 0 spiro atoms. The Morgan fingerprint density at radius 3 is 2.77 bits per heavy atom. The van der Waals surface area contributed by atoms with Gasteiger partial charge >= 0.3 is 0 Å². The molecule has 1 saturated heterocycles. The molecule has 0 saturated carbocycles. The number of thioether (sulfide) groups is 1. The molecular weight excluding hydrogens is 178 g/mol. The van der Waals surface area contributed by atoms with Gasteiger partial charge in [0.25, 0.3) is 0 Å². The topological polar surface area (TPSA) is 3.24 Å². The molecule has 1 heterocycles. The third kappa shape index (κ3) is 3.17. The zero-order chi connectivity index (χ0) is 9.68. The van der Waals surface area contributed by atoms with E-state index in [1.807, 2.05) is 11.8 Å². The summed E-state index contributed by atoms with van der Waals surface area (Å²) in [6.45, 7) is 6.03. The summed E-state index contributed by atoms with van der Waals surface area (Å²) in [5.41, 5.74) is 0. The molecule has 1 fully saturated rings. The fourth-order valence-electron chi connectivity index (χ4n) is 2.36. The first-order valence-electron chi connectivity index (χ1n) is 5.54. The van der Waals surface area contributed by atoms with E-state index in [0.717, 1.165) is 12.1 Å². The molecule has 2 atom stereocenters. The Hall–Kier alpha value is 0.310. The van der Waals surface area contributed by atoms with E-state index in [0.29, 0.717) is 0 Å². The maximum absolute atomic E-state index is 2.72. The normalized spacial score (nSPS) is 29.8. The molecule has 0 radical (unpaired) electrons. The summed E-state index contributed by atoms with van der Waals surface area (Å²) in [5.74, 6) is 1.32. The number of hydrogen-bond acceptors (Lipinski definition) is 2. The molecule has 0 aromatic rings. The zero-order valence-electron chi connectivity index (χ0n) is 9.25. The van der Waals surface area contributed by atoms with E-state index in [1.165, 1.54) is 38.0 Å². The van der Waals surface area contributed by atoms with Gasteiger partial charge in [-0.15, -0.1) is 0 Å². The van der Waals surface area contributed by atoms with Crippen LogP contribution in [0.1, 0.15) is 39.5 Å². The summed E-state index contributed by atoms with van der Waals surface area (Å²) in [5, 5.41) is 0. The van der Waals surface area contributed by atoms with Crippen LogP contribution in [0.15, 0.2) is 0 Å². The third-order valence-corrected chi connectivity index (χ3v) is 3.89. The minimum atomic E-state index is 0.840. The largest absolute Gasteiger partial charge is 0.298 e. The van der Waals surface area contributed by atoms with Crippen molar-refractivity contribution in [3.8, 4) is 0 Å². The van der Waals surface area contributed by atoms with Crippen LogP contribution in [0.25, 0.3) is 0 Å². The molecule has 78 valence electrons. The number of nitrogens with zero attached hydrogens (tertiary/aromatic N) is 1. The molecule has 13 heavy (non-hydrogen) atoms. The van der Waals surface area contributed by atoms with Crippen LogP contribution in [0, 0.1) is 0 Å². The van der Waals surface area contributed by atoms with Crippen molar-refractivity contribution in [3.63, 3.8) is 0 Å². The van der Waals surface area contributed by atoms with Crippen molar-refractivity contribution in [3.05, 3.63) is 0 Å². The lowest BCUT2D eigenvalue weighted by Gasteiger charge is -2.27. The van der Waals surface area contributed by atoms with Gasteiger partial charge in [-0.05, 0) is 51.2 Å². The SMILES string of the molecule is CC[C@@H]1CC[C@H](C)N1CCCSC. The van der Waals surface area contributed by atoms with Gasteiger partial charge in [0, 0.05) is 12.1 Å². The minimum Gasteiger partial charge on any atom is -0.298 e. The Bertz CT molecular complexity index is 138. The van der Waals surface area contributed by atoms with Crippen LogP contribution in [0.3, 0.4) is 0 Å². The van der Waals surface area contributed by atoms with Gasteiger partial charge in [0.1, 0.15) is 0 Å². The third-order valence-electron chi connectivity index (χ3n) is 3.19. The summed E-state index contributed by atoms with van der Waals surface area (Å²) in [6.07, 6.45) is 7.74. The molecule has 0 aromatic carbocycles. The quantitative estimate of drug-likeness (QED) is 0.629. The minimum absolute atomic E-state index is 0.840. The lowest BCUT2D eigenvalue weighted by Crippen LogP contribution is -2.35. The molecule has 0 amide bonds. The van der Waals surface area contributed by atoms with Crippen LogP contribution in [-0.4, -0.2) is 35.5 Å². The molecule has 0 unspecified atom stereocenters. The molecule has 1 aliphatic rings. The van der Waals surface area contributed by atoms with E-state index in [2.05, 4.69) is 25.0 Å². The van der Waals surface area contributed by atoms with Gasteiger partial charge in [-0.3, -0.25) is 4.90 Å². The zero-order valence-corrected chi connectivity index (χ0v) is 10.1. The predicted molar refractivity (Wildman–Crippen MR) is 62.5 cm³/mol. The lowest BCUT2D eigenvalue weighted by molar-refractivity contribution is 0.200. The Morgan fingerprint density at radius 1 is 1.38 bits per heavy atom. The van der Waals surface area contributed by atoms with Crippen LogP contribution in [-0.2, 0) is 0 Å². The van der Waals surface area contributed by atoms with E-state index in [4.69, 9.17) is 0 Å². The summed E-state index contributed by atoms with van der Waals surface area (Å²) < 4.78 is 0. The Balaban J connectivity index is 2.27. The molecule has 0 aliphatic carbocycles. The molecule has 2 heteroatoms. The smallest absolute Gasteiger partial charge is 0.00960 e. The second kappa shape index (κ2) is 5.92. The van der Waals surface area contributed by atoms with Gasteiger partial charge < -0.3 is 0 Å². The summed E-state index contributed by atoms with van der Waals surface area (Å²) in [4.78, 5) is 2.72. The highest BCUT2D eigenvalue weighted by Crippen LogP contribution is 2.25. The van der Waals surface area contributed by atoms with Gasteiger partial charge in [0.15, 0.2) is 0 Å². The van der Waals surface area contributed by atoms with Crippen LogP contribution in [0.4, 0.5) is 0 Å². The van der Waals surface area contributed by atoms with Crippen molar-refractivity contribution in [1.29, 1.82) is 0 Å². The second-order valence-electron chi connectivity index (χ2n) is 4.07. The highest BCUT2D eigenvalue weighted by atomic mass is 32.2. The first-order chi connectivity index (χ1) is 6.29. The maximum Gasteiger partial charge on any atom is 0.00960 e. The van der Waals surface area contributed by atoms with Gasteiger partial charge in [-0.1, -0.05) is 6.92 Å². The van der Waals surface area contributed by atoms with Crippen LogP contribution < -0.4 is 0 Å². The van der Waals surface area contributed by atoms with E-state index in [1.54, 1.807) is 0 Å². The summed E-state index contributed by atoms with van der Waals surface area (Å²) in [7, 11) is 0. The number of hydrogen-bond donors (Lipinski definition) is 0. The van der Waals surface area contributed by atoms with Gasteiger partial charge in [0.05, 0.1) is 0 Å². The fraction of sp³-hybridized carbons (Fsp3) is 1.00. The number of rotatable bonds is 5. The molecule has 1 rings (SSSR count). The van der Waals surface area contributed by atoms with Crippen molar-refractivity contribution in [2.45, 2.75) is 51.6 Å². The maximum atomic E-state index is 2.72. The molecule has 0 N–H and O–H groups in total. The van der Waals surface area contributed by atoms with E-state index in [9.17, 15) is 0 Å². The highest BCUT2D eigenvalue weighted by Gasteiger charge is 2.28. The van der Waals surface area contributed by atoms with Gasteiger partial charge in [0.2, 0.25) is 0 Å². The average molecular weight is 201 g/mol. The molecular formula is C11H23NS. The lowest BCUT2D eigenvalue weighted by atomic mass is 10.1. The Morgan fingerprint density at radius 2 is 2.15 bits per heavy atom. The van der Waals surface area contributed by atoms with Crippen molar-refractivity contribution >= 4 is 11.8 Å². The van der Waals surface area contributed by atoms with Crippen molar-refractivity contribution in [1.82, 2.24) is 4.90 Å². The average Bonchev–Trinajstić information content (AvgIpc) is 2.48. The molecule has 0 aromatic heterocycles. The van der Waals surface area contributed by atoms with E-state index < -0.39 is 0 Å². The van der Waals surface area contributed by atoms with Crippen LogP contribution in [0.2, 0.25) is 0 Å². The first kappa shape index (κ1) is 11.4. The highest BCUT2D eigenvalue weighted by molar-refractivity contribution is 7.98. The van der Waals surface area contributed by atoms with E-state index >= 15 is 0 Å². The van der Waals surface area contributed by atoms with E-state index in [-0.39, 0.29) is 0 Å². The molecule has 0 bridgehead atoms. The fourth-order valence-corrected chi connectivity index (χ4v) is 2.78. The van der Waals surface area contributed by atoms with Gasteiger partial charge in [-0.2, -0.15) is 11.8 Å². The molecule has 1 nitrogen and oxygen atoms in total. The standard InChI is InChI=1S/C11H23NS/c1-4-11-7-6-10(2)12(11)8-5-9-13-3/h10-11H,4-9H2,1-3H3/t10-,11+/m0/s1. The summed E-state index contributed by atoms with van der Waals surface area (Å²) in [6, 6.07) is 1.73. The van der Waals surface area contributed by atoms with Crippen LogP contribution >= 0.6 is 11.8 Å². The predicted octanol–water partition coefficient (Wildman–Crippen LogP) is 3.00. The summed E-state index contributed by atoms with van der Waals surface area (Å²) >= 11 is 1.97. The van der Waals surface area contributed by atoms with Gasteiger partial charge in [-0.25, -0.2) is 0 Å². The Kier molecular flexibility index (Phi) is 5.18. The number of likely N-dealkylation sites (tertiary alicyclic amines) is 1. The van der Waals surface area contributed by atoms with Crippen molar-refractivity contribution in [2.75, 3.05) is 18.6 Å². The first-order valence-corrected chi connectivity index (χ1v) is 6.93. The van der Waals surface area contributed by atoms with Crippen LogP contribution in [0.5, 0.6) is 0 Å². The van der Waals surface area contributed by atoms with Crippen molar-refractivity contribution in [2.24, 2.45) is 0 Å². The Labute approximate surface area is 87.3 Å².